The third kappa shape index (κ3) is 30.0. The standard InChI is InChI=1S/C33H34N3.C29H26N3.C28H24N3.C14H10N3.C10H14N5.C8H8N5.3Ir/c1-7-23-13-24(8-2)16-28(15-23)32-33(29-17-25(9-3)14-26(10-4)18-29)36-30(20-35-32)31-21(5)11-27(19-34)12-22(31)6;1-17-7-18(2)10-24(9-17)28-29(25-11-19(3)8-20(4)12-25)32-27(16-31-28)23-13-21(5)26(15-30)22(6)14-23;1-17-8-18(2)11-23(10-17)27-28(24-12-19(3)9-20(4)13-24)31-26(16-30-27)25-7-6-22(15-29)14-21(25)5;1-2-6-11(7-3-1)13-10-16-14(17-13)12-8-4-5-9-15-12;1-10(2,3)9(12)15-8(11)7-4-5-13-6-14-7;1-2-7-11-8(13-12-7)6-3-4-9-5-10-6;;;/h11-15,17-18,20H,7-10H2,1-6H3;7-9,11-14,16H,1-6H3;6-10,12-14,16H,1-5H3;1-10H;4-6H,1-3H3,(H2-,11,12,15);3-5H,2H2,1H3;;;/q6*-1;;;. The van der Waals surface area contributed by atoms with E-state index in [2.05, 4.69) is 266 Å². The molecule has 8 heterocycles. The van der Waals surface area contributed by atoms with Crippen LogP contribution in [-0.2, 0) is 92.4 Å². The first kappa shape index (κ1) is 114. The maximum Gasteiger partial charge on any atom is 0.116 e. The fourth-order valence-corrected chi connectivity index (χ4v) is 16.7. The second kappa shape index (κ2) is 53.0. The van der Waals surface area contributed by atoms with Crippen LogP contribution in [0.4, 0.5) is 0 Å². The Labute approximate surface area is 904 Å². The minimum absolute atomic E-state index is 0. The molecule has 25 heteroatoms. The first-order valence-corrected chi connectivity index (χ1v) is 48.0. The van der Waals surface area contributed by atoms with Crippen molar-refractivity contribution in [1.29, 1.82) is 21.2 Å². The molecular formula is C122H116Ir3N22-6. The Morgan fingerprint density at radius 3 is 1.37 bits per heavy atom. The van der Waals surface area contributed by atoms with Gasteiger partial charge in [-0.3, -0.25) is 19.9 Å². The molecule has 22 nitrogen and oxygen atoms in total. The molecule has 0 amide bonds. The van der Waals surface area contributed by atoms with Gasteiger partial charge in [-0.1, -0.05) is 209 Å². The summed E-state index contributed by atoms with van der Waals surface area (Å²) in [5.74, 6) is 2.15. The van der Waals surface area contributed by atoms with E-state index in [9.17, 15) is 15.8 Å². The van der Waals surface area contributed by atoms with Crippen molar-refractivity contribution in [3.8, 4) is 154 Å². The van der Waals surface area contributed by atoms with Gasteiger partial charge in [0, 0.05) is 143 Å². The second-order valence-corrected chi connectivity index (χ2v) is 36.6. The van der Waals surface area contributed by atoms with Crippen molar-refractivity contribution in [3.63, 3.8) is 0 Å². The average molecular weight is 2470 g/mol. The van der Waals surface area contributed by atoms with Crippen molar-refractivity contribution in [2.24, 2.45) is 10.4 Å². The Hall–Kier alpha value is -15.3. The van der Waals surface area contributed by atoms with E-state index in [4.69, 9.17) is 41.0 Å². The van der Waals surface area contributed by atoms with Crippen LogP contribution in [0, 0.1) is 153 Å². The summed E-state index contributed by atoms with van der Waals surface area (Å²) >= 11 is 0. The average Bonchev–Trinajstić information content (AvgIpc) is 1.10. The zero-order chi connectivity index (χ0) is 103. The van der Waals surface area contributed by atoms with Crippen molar-refractivity contribution in [1.82, 2.24) is 80.0 Å². The van der Waals surface area contributed by atoms with Crippen molar-refractivity contribution < 1.29 is 60.3 Å². The SMILES string of the molecule is CC(C)(C)C(=N)N=C([NH-])c1ccncn1.CCc1[c-]c(-c2ncc(-c3c(C)cc(C#N)cc3C)nc2-c2cc(CC)cc(CC)c2)cc(CC)c1.CCc1nnc(-c2ccncn2)[n-]1.Cc1[c-]c(-c2ncc(-c3cc(C)c(C#N)c(C)c3)nc2-c2cc(C)cc(C)c2)cc(C)c1.Cc1[c-]c(-c2ncc(-c3ccc(C#N)cc3C)nc2-c2cc(C)cc(C)c2)cc(C)c1.[Ir].[Ir].[Ir].c1ccc(-c2c[n-]c(-c3ccccn3)n2)cc1. The molecule has 0 fully saturated rings. The van der Waals surface area contributed by atoms with Gasteiger partial charge in [-0.2, -0.15) is 15.8 Å². The molecule has 18 rings (SSSR count). The molecule has 147 heavy (non-hydrogen) atoms. The summed E-state index contributed by atoms with van der Waals surface area (Å²) in [4.78, 5) is 66.8. The molecule has 18 aromatic rings. The van der Waals surface area contributed by atoms with Gasteiger partial charge in [-0.25, -0.2) is 19.9 Å². The number of amidine groups is 2. The molecule has 0 unspecified atom stereocenters. The van der Waals surface area contributed by atoms with Gasteiger partial charge in [0.15, 0.2) is 0 Å². The smallest absolute Gasteiger partial charge is 0.116 e. The first-order chi connectivity index (χ1) is 69.2. The molecule has 8 aromatic heterocycles. The van der Waals surface area contributed by atoms with Gasteiger partial charge in [-0.05, 0) is 245 Å². The van der Waals surface area contributed by atoms with Crippen molar-refractivity contribution in [2.75, 3.05) is 0 Å². The van der Waals surface area contributed by atoms with Gasteiger partial charge >= 0.3 is 0 Å². The number of nitrogens with zero attached hydrogens (tertiary/aromatic N) is 20. The molecule has 747 valence electrons. The topological polar surface area (TPSA) is 340 Å². The van der Waals surface area contributed by atoms with E-state index < -0.39 is 0 Å². The number of aliphatic imine (C=N–C) groups is 1. The predicted octanol–water partition coefficient (Wildman–Crippen LogP) is 27.2. The monoisotopic (exact) mass is 2470 g/mol. The molecule has 10 aromatic carbocycles. The van der Waals surface area contributed by atoms with Crippen LogP contribution < -0.4 is 9.97 Å². The maximum atomic E-state index is 9.43. The van der Waals surface area contributed by atoms with Crippen LogP contribution in [0.1, 0.15) is 178 Å². The van der Waals surface area contributed by atoms with Crippen LogP contribution in [0.5, 0.6) is 0 Å². The first-order valence-electron chi connectivity index (χ1n) is 48.0. The molecule has 0 atom stereocenters. The van der Waals surface area contributed by atoms with E-state index in [1.165, 1.54) is 68.3 Å². The Kier molecular flexibility index (Phi) is 40.9. The quantitative estimate of drug-likeness (QED) is 0.0474. The molecule has 0 saturated heterocycles. The molecule has 0 bridgehead atoms. The number of hydrogen-bond acceptors (Lipinski definition) is 18. The molecular weight excluding hydrogens is 2350 g/mol. The summed E-state index contributed by atoms with van der Waals surface area (Å²) in [5, 5.41) is 43.5. The third-order valence-electron chi connectivity index (χ3n) is 23.7. The summed E-state index contributed by atoms with van der Waals surface area (Å²) in [6.07, 6.45) is 19.7. The van der Waals surface area contributed by atoms with E-state index in [1.807, 2.05) is 172 Å². The van der Waals surface area contributed by atoms with Crippen LogP contribution in [-0.4, -0.2) is 81.7 Å². The molecule has 0 aliphatic heterocycles. The number of aryl methyl sites for hydroxylation is 18. The normalized spacial score (nSPS) is 10.7. The number of aromatic nitrogens is 16. The molecule has 3 radical (unpaired) electrons. The number of benzene rings is 10. The summed E-state index contributed by atoms with van der Waals surface area (Å²) in [7, 11) is 0. The van der Waals surface area contributed by atoms with E-state index in [0.29, 0.717) is 34.2 Å². The van der Waals surface area contributed by atoms with Gasteiger partial charge in [0.2, 0.25) is 0 Å². The Morgan fingerprint density at radius 1 is 0.388 bits per heavy atom. The number of rotatable bonds is 18. The summed E-state index contributed by atoms with van der Waals surface area (Å²) in [6.45, 7) is 43.0. The van der Waals surface area contributed by atoms with Gasteiger partial charge in [0.1, 0.15) is 12.7 Å². The molecule has 2 N–H and O–H groups in total. The fourth-order valence-electron chi connectivity index (χ4n) is 16.7. The Bertz CT molecular complexity index is 7600. The van der Waals surface area contributed by atoms with Crippen LogP contribution in [0.25, 0.3) is 141 Å². The van der Waals surface area contributed by atoms with Crippen LogP contribution in [0.2, 0.25) is 0 Å². The Balaban J connectivity index is 0.000000186. The van der Waals surface area contributed by atoms with E-state index in [1.54, 1.807) is 36.9 Å². The van der Waals surface area contributed by atoms with Crippen LogP contribution in [0.3, 0.4) is 0 Å². The fraction of sp³-hybridized carbons (Fsp3) is 0.221. The summed E-state index contributed by atoms with van der Waals surface area (Å²) < 4.78 is 0. The van der Waals surface area contributed by atoms with Crippen molar-refractivity contribution >= 4 is 11.7 Å². The minimum atomic E-state index is -0.348. The van der Waals surface area contributed by atoms with E-state index >= 15 is 0 Å². The van der Waals surface area contributed by atoms with Crippen LogP contribution >= 0.6 is 0 Å². The van der Waals surface area contributed by atoms with Gasteiger partial charge < -0.3 is 56.2 Å². The number of nitriles is 3. The molecule has 0 aliphatic rings. The number of hydrogen-bond donors (Lipinski definition) is 1. The largest absolute Gasteiger partial charge is 0.480 e. The summed E-state index contributed by atoms with van der Waals surface area (Å²) in [6, 6.07) is 82.5. The molecule has 0 aliphatic carbocycles. The Morgan fingerprint density at radius 2 is 0.884 bits per heavy atom. The van der Waals surface area contributed by atoms with Crippen molar-refractivity contribution in [2.45, 2.75) is 178 Å². The number of pyridine rings is 1. The number of imidazole rings is 1. The van der Waals surface area contributed by atoms with E-state index in [-0.39, 0.29) is 77.4 Å². The van der Waals surface area contributed by atoms with Gasteiger partial charge in [0.25, 0.3) is 0 Å². The van der Waals surface area contributed by atoms with Gasteiger partial charge in [-0.15, -0.1) is 105 Å². The number of nitrogens with one attached hydrogen (secondary N) is 2. The summed E-state index contributed by atoms with van der Waals surface area (Å²) in [5.41, 5.74) is 49.1. The molecule has 0 saturated carbocycles. The minimum Gasteiger partial charge on any atom is -0.480 e. The zero-order valence-corrected chi connectivity index (χ0v) is 93.8. The van der Waals surface area contributed by atoms with Crippen LogP contribution in [0.15, 0.2) is 255 Å². The van der Waals surface area contributed by atoms with E-state index in [0.717, 1.165) is 201 Å². The second-order valence-electron chi connectivity index (χ2n) is 36.6. The maximum absolute atomic E-state index is 9.43. The predicted molar refractivity (Wildman–Crippen MR) is 577 cm³/mol. The third-order valence-corrected chi connectivity index (χ3v) is 23.7. The van der Waals surface area contributed by atoms with Gasteiger partial charge in [0.05, 0.1) is 86.1 Å². The van der Waals surface area contributed by atoms with Crippen molar-refractivity contribution in [3.05, 3.63) is 397 Å². The zero-order valence-electron chi connectivity index (χ0n) is 86.7. The molecule has 0 spiro atoms.